The number of likely N-dealkylation sites (N-methyl/N-ethyl adjacent to an activating group) is 1. The molecule has 0 radical (unpaired) electrons. The van der Waals surface area contributed by atoms with Crippen molar-refractivity contribution in [3.05, 3.63) is 70.3 Å². The summed E-state index contributed by atoms with van der Waals surface area (Å²) < 4.78 is 0. The highest BCUT2D eigenvalue weighted by Crippen LogP contribution is 2.18. The molecule has 112 valence electrons. The van der Waals surface area contributed by atoms with Gasteiger partial charge in [-0.2, -0.15) is 0 Å². The van der Waals surface area contributed by atoms with E-state index >= 15 is 0 Å². The Morgan fingerprint density at radius 1 is 0.857 bits per heavy atom. The minimum absolute atomic E-state index is 0.532. The highest BCUT2D eigenvalue weighted by molar-refractivity contribution is 5.34. The molecule has 1 unspecified atom stereocenters. The van der Waals surface area contributed by atoms with Crippen molar-refractivity contribution in [2.75, 3.05) is 7.05 Å². The van der Waals surface area contributed by atoms with Crippen molar-refractivity contribution in [2.45, 2.75) is 46.1 Å². The normalized spacial score (nSPS) is 12.4. The van der Waals surface area contributed by atoms with Crippen LogP contribution >= 0.6 is 0 Å². The molecule has 1 nitrogen and oxygen atoms in total. The van der Waals surface area contributed by atoms with Gasteiger partial charge in [-0.05, 0) is 74.9 Å². The fourth-order valence-electron chi connectivity index (χ4n) is 2.99. The zero-order chi connectivity index (χ0) is 15.2. The van der Waals surface area contributed by atoms with Crippen LogP contribution < -0.4 is 5.32 Å². The monoisotopic (exact) mass is 281 g/mol. The summed E-state index contributed by atoms with van der Waals surface area (Å²) >= 11 is 0. The Balaban J connectivity index is 2.02. The molecule has 0 heterocycles. The van der Waals surface area contributed by atoms with Gasteiger partial charge >= 0.3 is 0 Å². The molecule has 0 saturated heterocycles. The van der Waals surface area contributed by atoms with Gasteiger partial charge in [0.1, 0.15) is 0 Å². The van der Waals surface area contributed by atoms with Crippen LogP contribution in [0, 0.1) is 20.8 Å². The van der Waals surface area contributed by atoms with Crippen LogP contribution in [0.1, 0.15) is 34.2 Å². The van der Waals surface area contributed by atoms with Gasteiger partial charge in [-0.25, -0.2) is 0 Å². The average molecular weight is 281 g/mol. The Labute approximate surface area is 129 Å². The Hall–Kier alpha value is -1.60. The minimum Gasteiger partial charge on any atom is -0.317 e. The minimum atomic E-state index is 0.532. The number of benzene rings is 2. The van der Waals surface area contributed by atoms with Crippen molar-refractivity contribution >= 4 is 0 Å². The van der Waals surface area contributed by atoms with Crippen LogP contribution in [0.2, 0.25) is 0 Å². The average Bonchev–Trinajstić information content (AvgIpc) is 2.48. The number of aryl methyl sites for hydroxylation is 4. The van der Waals surface area contributed by atoms with E-state index in [2.05, 4.69) is 75.6 Å². The largest absolute Gasteiger partial charge is 0.317 e. The third-order valence-electron chi connectivity index (χ3n) is 4.53. The molecule has 1 N–H and O–H groups in total. The van der Waals surface area contributed by atoms with Crippen LogP contribution in [-0.2, 0) is 12.8 Å². The van der Waals surface area contributed by atoms with Gasteiger partial charge in [0.05, 0.1) is 0 Å². The Morgan fingerprint density at radius 2 is 1.48 bits per heavy atom. The fourth-order valence-corrected chi connectivity index (χ4v) is 2.99. The van der Waals surface area contributed by atoms with E-state index in [4.69, 9.17) is 0 Å². The van der Waals surface area contributed by atoms with Gasteiger partial charge in [0, 0.05) is 6.04 Å². The van der Waals surface area contributed by atoms with Crippen LogP contribution in [0.15, 0.2) is 42.5 Å². The van der Waals surface area contributed by atoms with Crippen LogP contribution in [0.5, 0.6) is 0 Å². The first kappa shape index (κ1) is 15.8. The maximum Gasteiger partial charge on any atom is 0.0108 e. The van der Waals surface area contributed by atoms with Crippen LogP contribution in [0.4, 0.5) is 0 Å². The van der Waals surface area contributed by atoms with Crippen molar-refractivity contribution in [2.24, 2.45) is 0 Å². The third kappa shape index (κ3) is 4.18. The molecule has 1 heteroatoms. The first-order valence-electron chi connectivity index (χ1n) is 7.88. The van der Waals surface area contributed by atoms with E-state index in [0.717, 1.165) is 12.8 Å². The first-order chi connectivity index (χ1) is 10.1. The van der Waals surface area contributed by atoms with E-state index in [-0.39, 0.29) is 0 Å². The summed E-state index contributed by atoms with van der Waals surface area (Å²) in [6, 6.07) is 15.8. The molecule has 0 fully saturated rings. The summed E-state index contributed by atoms with van der Waals surface area (Å²) in [5, 5.41) is 3.49. The van der Waals surface area contributed by atoms with Gasteiger partial charge in [-0.15, -0.1) is 0 Å². The van der Waals surface area contributed by atoms with Crippen LogP contribution in [-0.4, -0.2) is 13.1 Å². The molecule has 2 aromatic carbocycles. The first-order valence-corrected chi connectivity index (χ1v) is 7.88. The van der Waals surface area contributed by atoms with E-state index < -0.39 is 0 Å². The predicted octanol–water partition coefficient (Wildman–Crippen LogP) is 4.38. The molecule has 0 aromatic heterocycles. The van der Waals surface area contributed by atoms with Crippen LogP contribution in [0.3, 0.4) is 0 Å². The van der Waals surface area contributed by atoms with Gasteiger partial charge < -0.3 is 5.32 Å². The third-order valence-corrected chi connectivity index (χ3v) is 4.53. The summed E-state index contributed by atoms with van der Waals surface area (Å²) in [5.74, 6) is 0. The lowest BCUT2D eigenvalue weighted by Gasteiger charge is -2.19. The van der Waals surface area contributed by atoms with E-state index in [1.165, 1.54) is 34.2 Å². The topological polar surface area (TPSA) is 12.0 Å². The Bertz CT molecular complexity index is 566. The second-order valence-corrected chi connectivity index (χ2v) is 6.03. The van der Waals surface area contributed by atoms with Gasteiger partial charge in [-0.3, -0.25) is 0 Å². The SMILES string of the molecule is CNC(CCc1ccccc1C)Cc1c(C)cccc1C. The maximum absolute atomic E-state index is 3.49. The molecule has 1 atom stereocenters. The summed E-state index contributed by atoms with van der Waals surface area (Å²) in [6.07, 6.45) is 3.43. The fraction of sp³-hybridized carbons (Fsp3) is 0.400. The second-order valence-electron chi connectivity index (χ2n) is 6.03. The number of hydrogen-bond donors (Lipinski definition) is 1. The van der Waals surface area contributed by atoms with Gasteiger partial charge in [0.2, 0.25) is 0 Å². The molecule has 0 saturated carbocycles. The highest BCUT2D eigenvalue weighted by atomic mass is 14.9. The zero-order valence-corrected chi connectivity index (χ0v) is 13.7. The molecule has 2 aromatic rings. The summed E-state index contributed by atoms with van der Waals surface area (Å²) in [5.41, 5.74) is 7.19. The van der Waals surface area contributed by atoms with Gasteiger partial charge in [-0.1, -0.05) is 42.5 Å². The van der Waals surface area contributed by atoms with E-state index in [1.807, 2.05) is 0 Å². The summed E-state index contributed by atoms with van der Waals surface area (Å²) in [4.78, 5) is 0. The summed E-state index contributed by atoms with van der Waals surface area (Å²) in [7, 11) is 2.08. The molecule has 0 aliphatic carbocycles. The molecular weight excluding hydrogens is 254 g/mol. The molecule has 0 aliphatic heterocycles. The molecule has 0 aliphatic rings. The lowest BCUT2D eigenvalue weighted by molar-refractivity contribution is 0.518. The Morgan fingerprint density at radius 3 is 2.10 bits per heavy atom. The predicted molar refractivity (Wildman–Crippen MR) is 92.0 cm³/mol. The van der Waals surface area contributed by atoms with Crippen molar-refractivity contribution in [3.63, 3.8) is 0 Å². The van der Waals surface area contributed by atoms with Gasteiger partial charge in [0.25, 0.3) is 0 Å². The molecule has 0 bridgehead atoms. The Kier molecular flexibility index (Phi) is 5.58. The van der Waals surface area contributed by atoms with E-state index in [9.17, 15) is 0 Å². The molecule has 21 heavy (non-hydrogen) atoms. The quantitative estimate of drug-likeness (QED) is 0.829. The maximum atomic E-state index is 3.49. The molecule has 0 spiro atoms. The van der Waals surface area contributed by atoms with Crippen molar-refractivity contribution in [1.82, 2.24) is 5.32 Å². The standard InChI is InChI=1S/C20H27N/c1-15-8-5-6-11-18(15)12-13-19(21-4)14-20-16(2)9-7-10-17(20)3/h5-11,19,21H,12-14H2,1-4H3. The van der Waals surface area contributed by atoms with Crippen molar-refractivity contribution in [1.29, 1.82) is 0 Å². The number of rotatable bonds is 6. The zero-order valence-electron chi connectivity index (χ0n) is 13.7. The number of hydrogen-bond acceptors (Lipinski definition) is 1. The second kappa shape index (κ2) is 7.42. The van der Waals surface area contributed by atoms with Crippen molar-refractivity contribution < 1.29 is 0 Å². The summed E-state index contributed by atoms with van der Waals surface area (Å²) in [6.45, 7) is 6.64. The van der Waals surface area contributed by atoms with Gasteiger partial charge in [0.15, 0.2) is 0 Å². The number of nitrogens with one attached hydrogen (secondary N) is 1. The molecule has 2 rings (SSSR count). The molecule has 0 amide bonds. The van der Waals surface area contributed by atoms with Crippen LogP contribution in [0.25, 0.3) is 0 Å². The highest BCUT2D eigenvalue weighted by Gasteiger charge is 2.11. The van der Waals surface area contributed by atoms with E-state index in [0.29, 0.717) is 6.04 Å². The lowest BCUT2D eigenvalue weighted by atomic mass is 9.93. The lowest BCUT2D eigenvalue weighted by Crippen LogP contribution is -2.28. The molecular formula is C20H27N. The smallest absolute Gasteiger partial charge is 0.0108 e. The van der Waals surface area contributed by atoms with Crippen molar-refractivity contribution in [3.8, 4) is 0 Å². The van der Waals surface area contributed by atoms with E-state index in [1.54, 1.807) is 0 Å².